The van der Waals surface area contributed by atoms with Gasteiger partial charge in [0.1, 0.15) is 0 Å². The summed E-state index contributed by atoms with van der Waals surface area (Å²) < 4.78 is 25.8. The molecule has 0 unspecified atom stereocenters. The maximum Gasteiger partial charge on any atom is 0.303 e. The number of carbonyl (C=O) groups excluding carboxylic acids is 1. The zero-order chi connectivity index (χ0) is 13.1. The topological polar surface area (TPSA) is 66.5 Å². The van der Waals surface area contributed by atoms with E-state index in [1.807, 2.05) is 29.8 Å². The molecule has 1 rings (SSSR count). The predicted molar refractivity (Wildman–Crippen MR) is 65.6 cm³/mol. The summed E-state index contributed by atoms with van der Waals surface area (Å²) in [6, 6.07) is 7.36. The van der Waals surface area contributed by atoms with Crippen molar-refractivity contribution < 1.29 is 13.2 Å². The van der Waals surface area contributed by atoms with E-state index >= 15 is 0 Å². The normalized spacial score (nSPS) is 11.5. The summed E-state index contributed by atoms with van der Waals surface area (Å²) in [7, 11) is -0.968. The number of hydrogen-bond acceptors (Lipinski definition) is 3. The van der Waals surface area contributed by atoms with Gasteiger partial charge in [-0.15, -0.1) is 0 Å². The van der Waals surface area contributed by atoms with Crippen molar-refractivity contribution in [2.75, 3.05) is 14.1 Å². The Morgan fingerprint density at radius 3 is 2.41 bits per heavy atom. The quantitative estimate of drug-likeness (QED) is 0.851. The van der Waals surface area contributed by atoms with Crippen molar-refractivity contribution in [3.05, 3.63) is 35.4 Å². The zero-order valence-corrected chi connectivity index (χ0v) is 10.9. The molecule has 0 saturated heterocycles. The van der Waals surface area contributed by atoms with Gasteiger partial charge in [0, 0.05) is 14.1 Å². The van der Waals surface area contributed by atoms with Crippen molar-refractivity contribution >= 4 is 16.1 Å². The Labute approximate surface area is 102 Å². The molecule has 0 spiro atoms. The number of benzene rings is 1. The fourth-order valence-corrected chi connectivity index (χ4v) is 1.80. The zero-order valence-electron chi connectivity index (χ0n) is 10.1. The lowest BCUT2D eigenvalue weighted by atomic mass is 10.1. The molecule has 94 valence electrons. The van der Waals surface area contributed by atoms with Crippen molar-refractivity contribution in [2.45, 2.75) is 13.3 Å². The number of nitrogens with one attached hydrogen (secondary N) is 1. The number of carbonyl (C=O) groups is 1. The number of rotatable bonds is 4. The summed E-state index contributed by atoms with van der Waals surface area (Å²) in [6.07, 6.45) is 0.0553. The van der Waals surface area contributed by atoms with Crippen LogP contribution in [0.25, 0.3) is 0 Å². The van der Waals surface area contributed by atoms with E-state index in [1.165, 1.54) is 14.1 Å². The van der Waals surface area contributed by atoms with Gasteiger partial charge in [-0.3, -0.25) is 4.79 Å². The van der Waals surface area contributed by atoms with Gasteiger partial charge < -0.3 is 0 Å². The molecule has 0 aromatic heterocycles. The first-order valence-corrected chi connectivity index (χ1v) is 6.54. The van der Waals surface area contributed by atoms with Crippen LogP contribution in [0.3, 0.4) is 0 Å². The third kappa shape index (κ3) is 3.83. The van der Waals surface area contributed by atoms with Crippen LogP contribution in [0.15, 0.2) is 24.3 Å². The second kappa shape index (κ2) is 5.29. The lowest BCUT2D eigenvalue weighted by Gasteiger charge is -2.12. The van der Waals surface area contributed by atoms with Gasteiger partial charge in [-0.25, -0.2) is 4.72 Å². The minimum atomic E-state index is -3.70. The maximum absolute atomic E-state index is 11.6. The van der Waals surface area contributed by atoms with E-state index in [1.54, 1.807) is 6.07 Å². The Hall–Kier alpha value is -1.40. The molecule has 0 atom stereocenters. The van der Waals surface area contributed by atoms with E-state index < -0.39 is 16.1 Å². The van der Waals surface area contributed by atoms with Crippen molar-refractivity contribution in [1.29, 1.82) is 0 Å². The molecular formula is C11H16N2O3S. The molecule has 0 fully saturated rings. The van der Waals surface area contributed by atoms with Crippen molar-refractivity contribution in [3.63, 3.8) is 0 Å². The van der Waals surface area contributed by atoms with Crippen molar-refractivity contribution in [1.82, 2.24) is 9.03 Å². The third-order valence-corrected chi connectivity index (χ3v) is 3.78. The molecule has 1 N–H and O–H groups in total. The minimum Gasteiger partial charge on any atom is -0.274 e. The Bertz CT molecular complexity index is 509. The highest BCUT2D eigenvalue weighted by atomic mass is 32.2. The average molecular weight is 256 g/mol. The van der Waals surface area contributed by atoms with Crippen LogP contribution in [0.5, 0.6) is 0 Å². The fourth-order valence-electron chi connectivity index (χ4n) is 1.25. The molecule has 0 saturated carbocycles. The summed E-state index contributed by atoms with van der Waals surface area (Å²) in [4.78, 5) is 11.6. The third-order valence-electron chi connectivity index (χ3n) is 2.34. The van der Waals surface area contributed by atoms with Gasteiger partial charge in [0.2, 0.25) is 5.91 Å². The monoisotopic (exact) mass is 256 g/mol. The lowest BCUT2D eigenvalue weighted by molar-refractivity contribution is -0.118. The van der Waals surface area contributed by atoms with Gasteiger partial charge in [-0.2, -0.15) is 12.7 Å². The fraction of sp³-hybridized carbons (Fsp3) is 0.364. The highest BCUT2D eigenvalue weighted by Gasteiger charge is 2.17. The molecule has 0 aliphatic rings. The lowest BCUT2D eigenvalue weighted by Crippen LogP contribution is -2.40. The molecule has 0 aliphatic heterocycles. The van der Waals surface area contributed by atoms with E-state index in [0.29, 0.717) is 0 Å². The Kier molecular flexibility index (Phi) is 4.25. The smallest absolute Gasteiger partial charge is 0.274 e. The molecule has 1 amide bonds. The molecular weight excluding hydrogens is 240 g/mol. The first kappa shape index (κ1) is 13.7. The average Bonchev–Trinajstić information content (AvgIpc) is 2.20. The van der Waals surface area contributed by atoms with Gasteiger partial charge in [0.05, 0.1) is 6.42 Å². The van der Waals surface area contributed by atoms with Gasteiger partial charge >= 0.3 is 10.2 Å². The van der Waals surface area contributed by atoms with Crippen LogP contribution in [0, 0.1) is 6.92 Å². The second-order valence-corrected chi connectivity index (χ2v) is 5.80. The highest BCUT2D eigenvalue weighted by molar-refractivity contribution is 7.87. The van der Waals surface area contributed by atoms with Crippen LogP contribution in [-0.4, -0.2) is 32.7 Å². The number of hydrogen-bond donors (Lipinski definition) is 1. The first-order valence-electron chi connectivity index (χ1n) is 5.10. The number of aryl methyl sites for hydroxylation is 1. The van der Waals surface area contributed by atoms with E-state index in [2.05, 4.69) is 0 Å². The standard InChI is InChI=1S/C11H16N2O3S/c1-9-6-4-5-7-10(9)8-11(14)12-17(15,16)13(2)3/h4-7H,8H2,1-3H3,(H,12,14). The molecule has 0 radical (unpaired) electrons. The number of amides is 1. The highest BCUT2D eigenvalue weighted by Crippen LogP contribution is 2.07. The molecule has 1 aromatic rings. The van der Waals surface area contributed by atoms with Gasteiger partial charge in [0.15, 0.2) is 0 Å². The number of nitrogens with zero attached hydrogens (tertiary/aromatic N) is 1. The predicted octanol–water partition coefficient (Wildman–Crippen LogP) is 0.460. The van der Waals surface area contributed by atoms with Crippen molar-refractivity contribution in [3.8, 4) is 0 Å². The van der Waals surface area contributed by atoms with Crippen molar-refractivity contribution in [2.24, 2.45) is 0 Å². The van der Waals surface area contributed by atoms with Crippen LogP contribution in [0.2, 0.25) is 0 Å². The summed E-state index contributed by atoms with van der Waals surface area (Å²) in [5.74, 6) is -0.534. The summed E-state index contributed by atoms with van der Waals surface area (Å²) in [5.41, 5.74) is 1.78. The Morgan fingerprint density at radius 2 is 1.88 bits per heavy atom. The van der Waals surface area contributed by atoms with Crippen LogP contribution in [-0.2, 0) is 21.4 Å². The largest absolute Gasteiger partial charge is 0.303 e. The van der Waals surface area contributed by atoms with E-state index in [4.69, 9.17) is 0 Å². The molecule has 6 heteroatoms. The van der Waals surface area contributed by atoms with Gasteiger partial charge in [0.25, 0.3) is 0 Å². The summed E-state index contributed by atoms with van der Waals surface area (Å²) >= 11 is 0. The molecule has 17 heavy (non-hydrogen) atoms. The minimum absolute atomic E-state index is 0.0553. The van der Waals surface area contributed by atoms with Crippen LogP contribution in [0.1, 0.15) is 11.1 Å². The van der Waals surface area contributed by atoms with Crippen LogP contribution < -0.4 is 4.72 Å². The van der Waals surface area contributed by atoms with E-state index in [0.717, 1.165) is 15.4 Å². The Morgan fingerprint density at radius 1 is 1.29 bits per heavy atom. The van der Waals surface area contributed by atoms with Crippen LogP contribution in [0.4, 0.5) is 0 Å². The summed E-state index contributed by atoms with van der Waals surface area (Å²) in [6.45, 7) is 1.88. The molecule has 0 bridgehead atoms. The first-order chi connectivity index (χ1) is 7.83. The molecule has 0 heterocycles. The van der Waals surface area contributed by atoms with Crippen LogP contribution >= 0.6 is 0 Å². The second-order valence-electron chi connectivity index (χ2n) is 3.92. The maximum atomic E-state index is 11.6. The molecule has 5 nitrogen and oxygen atoms in total. The SMILES string of the molecule is Cc1ccccc1CC(=O)NS(=O)(=O)N(C)C. The summed E-state index contributed by atoms with van der Waals surface area (Å²) in [5, 5.41) is 0. The molecule has 1 aromatic carbocycles. The van der Waals surface area contributed by atoms with E-state index in [-0.39, 0.29) is 6.42 Å². The van der Waals surface area contributed by atoms with E-state index in [9.17, 15) is 13.2 Å². The molecule has 0 aliphatic carbocycles. The van der Waals surface area contributed by atoms with Gasteiger partial charge in [-0.05, 0) is 18.1 Å². The van der Waals surface area contributed by atoms with Gasteiger partial charge in [-0.1, -0.05) is 24.3 Å². The Balaban J connectivity index is 2.72.